The molecular formula is C12H19BrMgOSi. The van der Waals surface area contributed by atoms with E-state index in [0.29, 0.717) is 0 Å². The van der Waals surface area contributed by atoms with Crippen LogP contribution in [0, 0.1) is 6.07 Å². The molecule has 4 heteroatoms. The van der Waals surface area contributed by atoms with Crippen LogP contribution in [0.4, 0.5) is 0 Å². The van der Waals surface area contributed by atoms with Crippen molar-refractivity contribution in [3.63, 3.8) is 0 Å². The van der Waals surface area contributed by atoms with Crippen LogP contribution in [0.3, 0.4) is 0 Å². The fraction of sp³-hybridized carbons (Fsp3) is 0.500. The van der Waals surface area contributed by atoms with Gasteiger partial charge in [-0.15, -0.1) is 12.1 Å². The summed E-state index contributed by atoms with van der Waals surface area (Å²) in [6, 6.07) is 10.7. The normalized spacial score (nSPS) is 11.1. The van der Waals surface area contributed by atoms with E-state index in [2.05, 4.69) is 39.9 Å². The topological polar surface area (TPSA) is 9.23 Å². The largest absolute Gasteiger partial charge is 2.00 e. The predicted molar refractivity (Wildman–Crippen MR) is 68.9 cm³/mol. The van der Waals surface area contributed by atoms with Crippen molar-refractivity contribution in [2.24, 2.45) is 0 Å². The molecule has 0 amide bonds. The summed E-state index contributed by atoms with van der Waals surface area (Å²) in [7, 11) is -1.66. The minimum absolute atomic E-state index is 0. The van der Waals surface area contributed by atoms with Crippen LogP contribution in [-0.2, 0) is 0 Å². The van der Waals surface area contributed by atoms with Gasteiger partial charge in [-0.2, -0.15) is 18.2 Å². The molecule has 0 aliphatic heterocycles. The van der Waals surface area contributed by atoms with Crippen molar-refractivity contribution >= 4 is 31.4 Å². The summed E-state index contributed by atoms with van der Waals surface area (Å²) < 4.78 is 6.09. The zero-order valence-corrected chi connectivity index (χ0v) is 14.8. The number of hydrogen-bond acceptors (Lipinski definition) is 1. The molecule has 0 spiro atoms. The van der Waals surface area contributed by atoms with Crippen LogP contribution in [0.2, 0.25) is 18.1 Å². The fourth-order valence-electron chi connectivity index (χ4n) is 0.887. The standard InChI is InChI=1S/C12H19OSi.BrH.Mg/c1-12(2,3)14(4,5)13-11-9-7-6-8-10-11;;/h7-10H,1-5H3;1H;/q-1;;+2/p-1. The van der Waals surface area contributed by atoms with Gasteiger partial charge >= 0.3 is 23.1 Å². The van der Waals surface area contributed by atoms with Crippen molar-refractivity contribution < 1.29 is 21.4 Å². The maximum atomic E-state index is 6.09. The van der Waals surface area contributed by atoms with Crippen molar-refractivity contribution in [2.45, 2.75) is 38.9 Å². The van der Waals surface area contributed by atoms with Crippen molar-refractivity contribution in [1.82, 2.24) is 0 Å². The van der Waals surface area contributed by atoms with Crippen molar-refractivity contribution in [3.05, 3.63) is 30.3 Å². The number of halogens is 1. The van der Waals surface area contributed by atoms with Gasteiger partial charge in [0, 0.05) is 0 Å². The van der Waals surface area contributed by atoms with Gasteiger partial charge in [-0.25, -0.2) is 0 Å². The minimum Gasteiger partial charge on any atom is -1.00 e. The third-order valence-electron chi connectivity index (χ3n) is 2.87. The summed E-state index contributed by atoms with van der Waals surface area (Å²) in [4.78, 5) is 0. The maximum absolute atomic E-state index is 6.09. The first kappa shape index (κ1) is 18.8. The minimum atomic E-state index is -1.66. The molecule has 0 atom stereocenters. The van der Waals surface area contributed by atoms with Gasteiger partial charge in [0.15, 0.2) is 0 Å². The first-order valence-corrected chi connectivity index (χ1v) is 7.89. The molecule has 0 radical (unpaired) electrons. The van der Waals surface area contributed by atoms with E-state index in [1.54, 1.807) is 0 Å². The molecule has 0 N–H and O–H groups in total. The monoisotopic (exact) mass is 310 g/mol. The van der Waals surface area contributed by atoms with Crippen molar-refractivity contribution in [1.29, 1.82) is 0 Å². The maximum Gasteiger partial charge on any atom is 2.00 e. The van der Waals surface area contributed by atoms with Crippen LogP contribution in [0.1, 0.15) is 20.8 Å². The molecule has 0 bridgehead atoms. The molecule has 1 nitrogen and oxygen atoms in total. The third-order valence-corrected chi connectivity index (χ3v) is 7.23. The Kier molecular flexibility index (Phi) is 8.29. The molecule has 0 fully saturated rings. The number of benzene rings is 1. The second-order valence-corrected chi connectivity index (χ2v) is 9.82. The summed E-state index contributed by atoms with van der Waals surface area (Å²) >= 11 is 0. The van der Waals surface area contributed by atoms with E-state index in [4.69, 9.17) is 4.43 Å². The molecule has 0 aliphatic rings. The molecule has 86 valence electrons. The van der Waals surface area contributed by atoms with Gasteiger partial charge < -0.3 is 21.4 Å². The van der Waals surface area contributed by atoms with E-state index >= 15 is 0 Å². The van der Waals surface area contributed by atoms with Gasteiger partial charge in [-0.05, 0) is 23.9 Å². The summed E-state index contributed by atoms with van der Waals surface area (Å²) in [5.74, 6) is 0.968. The Bertz CT molecular complexity index is 296. The first-order valence-electron chi connectivity index (χ1n) is 4.98. The Morgan fingerprint density at radius 3 is 1.94 bits per heavy atom. The number of hydrogen-bond donors (Lipinski definition) is 0. The molecule has 0 saturated carbocycles. The van der Waals surface area contributed by atoms with Crippen LogP contribution in [0.25, 0.3) is 0 Å². The van der Waals surface area contributed by atoms with Crippen LogP contribution in [0.15, 0.2) is 24.3 Å². The van der Waals surface area contributed by atoms with Gasteiger partial charge in [-0.3, -0.25) is 0 Å². The summed E-state index contributed by atoms with van der Waals surface area (Å²) in [5.41, 5.74) is 0. The second kappa shape index (κ2) is 7.04. The second-order valence-electron chi connectivity index (χ2n) is 5.10. The third kappa shape index (κ3) is 5.21. The smallest absolute Gasteiger partial charge is 1.00 e. The quantitative estimate of drug-likeness (QED) is 0.571. The van der Waals surface area contributed by atoms with Crippen molar-refractivity contribution in [2.75, 3.05) is 0 Å². The Balaban J connectivity index is 0. The molecule has 0 heterocycles. The summed E-state index contributed by atoms with van der Waals surface area (Å²) in [6.45, 7) is 11.2. The van der Waals surface area contributed by atoms with Gasteiger partial charge in [0.1, 0.15) is 0 Å². The van der Waals surface area contributed by atoms with E-state index in [0.717, 1.165) is 5.75 Å². The molecule has 0 aliphatic carbocycles. The molecule has 1 aromatic rings. The predicted octanol–water partition coefficient (Wildman–Crippen LogP) is 0.494. The molecule has 1 aromatic carbocycles. The average molecular weight is 312 g/mol. The Hall–Kier alpha value is 0.483. The molecule has 16 heavy (non-hydrogen) atoms. The Morgan fingerprint density at radius 1 is 1.12 bits per heavy atom. The van der Waals surface area contributed by atoms with Gasteiger partial charge in [-0.1, -0.05) is 20.8 Å². The van der Waals surface area contributed by atoms with Crippen LogP contribution >= 0.6 is 0 Å². The van der Waals surface area contributed by atoms with E-state index in [1.165, 1.54) is 0 Å². The summed E-state index contributed by atoms with van der Waals surface area (Å²) in [6.07, 6.45) is 0. The van der Waals surface area contributed by atoms with Gasteiger partial charge in [0.25, 0.3) is 0 Å². The molecule has 0 unspecified atom stereocenters. The van der Waals surface area contributed by atoms with Crippen molar-refractivity contribution in [3.8, 4) is 5.75 Å². The Labute approximate surface area is 127 Å². The average Bonchev–Trinajstić information content (AvgIpc) is 2.03. The van der Waals surface area contributed by atoms with Crippen LogP contribution in [0.5, 0.6) is 5.75 Å². The van der Waals surface area contributed by atoms with E-state index in [-0.39, 0.29) is 45.1 Å². The zero-order valence-electron chi connectivity index (χ0n) is 10.8. The molecule has 0 aromatic heterocycles. The van der Waals surface area contributed by atoms with Gasteiger partial charge in [0.05, 0.1) is 0 Å². The van der Waals surface area contributed by atoms with Crippen LogP contribution < -0.4 is 21.4 Å². The first-order chi connectivity index (χ1) is 6.33. The van der Waals surface area contributed by atoms with Crippen LogP contribution in [-0.4, -0.2) is 31.4 Å². The fourth-order valence-corrected chi connectivity index (χ4v) is 1.92. The van der Waals surface area contributed by atoms with E-state index < -0.39 is 8.32 Å². The molecular weight excluding hydrogens is 292 g/mol. The summed E-state index contributed by atoms with van der Waals surface area (Å²) in [5, 5.41) is 0.257. The Morgan fingerprint density at radius 2 is 1.56 bits per heavy atom. The molecule has 1 rings (SSSR count). The SMILES string of the molecule is CC(C)(C)[Si](C)(C)Oc1cc[c-]cc1.[Br-].[Mg+2]. The number of rotatable bonds is 2. The van der Waals surface area contributed by atoms with E-state index in [9.17, 15) is 0 Å². The zero-order chi connectivity index (χ0) is 10.8. The molecule has 0 saturated heterocycles. The van der Waals surface area contributed by atoms with E-state index in [1.807, 2.05) is 24.3 Å². The van der Waals surface area contributed by atoms with Gasteiger partial charge in [0.2, 0.25) is 8.32 Å².